The van der Waals surface area contributed by atoms with Crippen molar-refractivity contribution in [1.82, 2.24) is 0 Å². The Balaban J connectivity index is 0. The zero-order chi connectivity index (χ0) is 16.1. The maximum atomic E-state index is 12.5. The first-order valence-electron chi connectivity index (χ1n) is 6.87. The van der Waals surface area contributed by atoms with Crippen molar-refractivity contribution in [1.29, 1.82) is 0 Å². The molecule has 0 fully saturated rings. The molecule has 20 heavy (non-hydrogen) atoms. The normalized spacial score (nSPS) is 16.6. The molecule has 0 aromatic rings. The van der Waals surface area contributed by atoms with Gasteiger partial charge in [-0.3, -0.25) is 4.55 Å². The quantitative estimate of drug-likeness (QED) is 0.600. The minimum absolute atomic E-state index is 0. The number of hydrogen-bond donors (Lipinski definition) is 1. The first-order chi connectivity index (χ1) is 7.90. The summed E-state index contributed by atoms with van der Waals surface area (Å²) in [6.07, 6.45) is 0. The van der Waals surface area contributed by atoms with E-state index in [0.29, 0.717) is 0 Å². The van der Waals surface area contributed by atoms with Crippen LogP contribution in [0.4, 0.5) is 0 Å². The van der Waals surface area contributed by atoms with E-state index in [2.05, 4.69) is 65.8 Å². The summed E-state index contributed by atoms with van der Waals surface area (Å²) in [6.45, 7) is 21.2. The average molecular weight is 365 g/mol. The Morgan fingerprint density at radius 2 is 1.10 bits per heavy atom. The van der Waals surface area contributed by atoms with Crippen LogP contribution in [0.2, 0.25) is 64.5 Å². The van der Waals surface area contributed by atoms with Crippen LogP contribution in [-0.4, -0.2) is 70.7 Å². The van der Waals surface area contributed by atoms with E-state index in [1.807, 2.05) is 0 Å². The van der Waals surface area contributed by atoms with Gasteiger partial charge in [-0.15, -0.1) is 0 Å². The third-order valence-electron chi connectivity index (χ3n) is 4.54. The fourth-order valence-corrected chi connectivity index (χ4v) is 30.2. The molecule has 0 bridgehead atoms. The molecule has 118 valence electrons. The van der Waals surface area contributed by atoms with Gasteiger partial charge in [-0.05, 0) is 5.54 Å². The molecule has 0 saturated carbocycles. The molecule has 0 aliphatic rings. The molecule has 0 radical (unpaired) electrons. The van der Waals surface area contributed by atoms with Gasteiger partial charge in [-0.2, -0.15) is 8.42 Å². The van der Waals surface area contributed by atoms with E-state index in [1.165, 1.54) is 0 Å². The molecule has 1 N–H and O–H groups in total. The predicted octanol–water partition coefficient (Wildman–Crippen LogP) is 3.45. The summed E-state index contributed by atoms with van der Waals surface area (Å²) in [6, 6.07) is 0. The van der Waals surface area contributed by atoms with Crippen molar-refractivity contribution in [3.05, 3.63) is 0 Å². The molecule has 3 nitrogen and oxygen atoms in total. The van der Waals surface area contributed by atoms with Gasteiger partial charge in [-0.1, -0.05) is 65.8 Å². The second-order valence-corrected chi connectivity index (χ2v) is 27.8. The Morgan fingerprint density at radius 3 is 1.15 bits per heavy atom. The monoisotopic (exact) mass is 364 g/mol. The second-order valence-electron chi connectivity index (χ2n) is 8.80. The van der Waals surface area contributed by atoms with E-state index in [4.69, 9.17) is 0 Å². The molecule has 0 heterocycles. The van der Waals surface area contributed by atoms with Gasteiger partial charge in [-0.25, -0.2) is 0 Å². The topological polar surface area (TPSA) is 54.4 Å². The van der Waals surface area contributed by atoms with Gasteiger partial charge < -0.3 is 0 Å². The van der Waals surface area contributed by atoms with Crippen molar-refractivity contribution in [2.75, 3.05) is 0 Å². The molecule has 1 atom stereocenters. The van der Waals surface area contributed by atoms with Crippen LogP contribution in [0.5, 0.6) is 0 Å². The van der Waals surface area contributed by atoms with Crippen LogP contribution in [0.15, 0.2) is 0 Å². The fourth-order valence-electron chi connectivity index (χ4n) is 4.03. The number of hydrogen-bond acceptors (Lipinski definition) is 2. The van der Waals surface area contributed by atoms with E-state index in [0.717, 1.165) is 0 Å². The predicted molar refractivity (Wildman–Crippen MR) is 101 cm³/mol. The van der Waals surface area contributed by atoms with Crippen molar-refractivity contribution in [3.8, 4) is 0 Å². The van der Waals surface area contributed by atoms with Crippen LogP contribution in [0.1, 0.15) is 6.92 Å². The number of rotatable bonds is 5. The van der Waals surface area contributed by atoms with Gasteiger partial charge in [0, 0.05) is 8.07 Å². The van der Waals surface area contributed by atoms with E-state index in [9.17, 15) is 13.0 Å². The van der Waals surface area contributed by atoms with Gasteiger partial charge in [0.25, 0.3) is 10.1 Å². The van der Waals surface area contributed by atoms with Crippen molar-refractivity contribution < 1.29 is 13.0 Å². The molecule has 0 rings (SSSR count). The molecule has 0 aromatic carbocycles. The first kappa shape index (κ1) is 23.8. The van der Waals surface area contributed by atoms with Crippen LogP contribution >= 0.6 is 0 Å². The molecule has 1 unspecified atom stereocenters. The van der Waals surface area contributed by atoms with Crippen molar-refractivity contribution in [3.63, 3.8) is 0 Å². The summed E-state index contributed by atoms with van der Waals surface area (Å²) in [7, 11) is -10.0. The second kappa shape index (κ2) is 6.59. The molecule has 0 saturated heterocycles. The summed E-state index contributed by atoms with van der Waals surface area (Å²) in [4.78, 5) is 0. The Kier molecular flexibility index (Phi) is 7.84. The maximum absolute atomic E-state index is 12.5. The minimum atomic E-state index is -4.07. The van der Waals surface area contributed by atoms with Gasteiger partial charge in [0.2, 0.25) is 0 Å². The third kappa shape index (κ3) is 4.10. The zero-order valence-corrected chi connectivity index (χ0v) is 18.1. The SMILES string of the molecule is CC(C([Si](C)(C)C)([Si](C)(C)C)S(=O)(=O)O)[Si](C)(C)C.[NaH]. The first-order valence-corrected chi connectivity index (χ1v) is 18.9. The van der Waals surface area contributed by atoms with Crippen molar-refractivity contribution in [2.45, 2.75) is 75.4 Å². The summed E-state index contributed by atoms with van der Waals surface area (Å²) < 4.78 is 34.3. The molecular weight excluding hydrogens is 331 g/mol. The fraction of sp³-hybridized carbons (Fsp3) is 1.00. The van der Waals surface area contributed by atoms with Crippen molar-refractivity contribution in [2.24, 2.45) is 0 Å². The molecule has 0 spiro atoms. The summed E-state index contributed by atoms with van der Waals surface area (Å²) in [5.74, 6) is 0. The standard InChI is InChI=1S/C12H32O3SSi3.Na.H/c1-11(17(2,3)4)12(16(13,14)15,18(5,6)7)19(8,9)10;;/h11H,1-10H3,(H,13,14,15);;. The van der Waals surface area contributed by atoms with Crippen LogP contribution < -0.4 is 0 Å². The van der Waals surface area contributed by atoms with E-state index in [-0.39, 0.29) is 35.1 Å². The summed E-state index contributed by atoms with van der Waals surface area (Å²) in [5, 5.41) is 0. The Hall–Kier alpha value is 1.56. The molecule has 0 amide bonds. The Bertz CT molecular complexity index is 416. The van der Waals surface area contributed by atoms with Crippen LogP contribution in [-0.2, 0) is 10.1 Å². The molecule has 0 aliphatic heterocycles. The van der Waals surface area contributed by atoms with Crippen LogP contribution in [0.3, 0.4) is 0 Å². The van der Waals surface area contributed by atoms with Gasteiger partial charge in [0.1, 0.15) is 0 Å². The molecule has 0 aliphatic carbocycles. The van der Waals surface area contributed by atoms with E-state index >= 15 is 0 Å². The van der Waals surface area contributed by atoms with E-state index in [1.54, 1.807) is 0 Å². The van der Waals surface area contributed by atoms with Crippen molar-refractivity contribution >= 4 is 63.9 Å². The van der Waals surface area contributed by atoms with E-state index < -0.39 is 38.3 Å². The summed E-state index contributed by atoms with van der Waals surface area (Å²) in [5.41, 5.74) is 0.0633. The van der Waals surface area contributed by atoms with Gasteiger partial charge >= 0.3 is 29.6 Å². The summed E-state index contributed by atoms with van der Waals surface area (Å²) >= 11 is 0. The zero-order valence-electron chi connectivity index (χ0n) is 14.2. The van der Waals surface area contributed by atoms with Gasteiger partial charge in [0.05, 0.1) is 20.1 Å². The Labute approximate surface area is 151 Å². The molecular formula is C12H33NaO3SSi3. The molecule has 0 aromatic heterocycles. The average Bonchev–Trinajstić information content (AvgIpc) is 1.92. The van der Waals surface area contributed by atoms with Gasteiger partial charge in [0.15, 0.2) is 0 Å². The van der Waals surface area contributed by atoms with Crippen LogP contribution in [0.25, 0.3) is 0 Å². The van der Waals surface area contributed by atoms with Crippen LogP contribution in [0, 0.1) is 0 Å². The molecule has 8 heteroatoms. The Morgan fingerprint density at radius 1 is 0.850 bits per heavy atom. The third-order valence-corrected chi connectivity index (χ3v) is 24.6.